The molecule has 0 aromatic carbocycles. The van der Waals surface area contributed by atoms with Crippen LogP contribution in [0.3, 0.4) is 0 Å². The molecule has 1 aliphatic heterocycles. The Hall–Kier alpha value is -0.730. The summed E-state index contributed by atoms with van der Waals surface area (Å²) in [7, 11) is 0. The molecule has 106 valence electrons. The Morgan fingerprint density at radius 2 is 2.00 bits per heavy atom. The molecule has 0 aromatic heterocycles. The number of carbonyl (C=O) groups is 1. The number of aliphatic hydroxyl groups is 3. The molecule has 5 N–H and O–H groups in total. The summed E-state index contributed by atoms with van der Waals surface area (Å²) >= 11 is 0. The van der Waals surface area contributed by atoms with Gasteiger partial charge in [0.1, 0.15) is 30.1 Å². The zero-order chi connectivity index (χ0) is 14.1. The van der Waals surface area contributed by atoms with Crippen LogP contribution in [0.4, 0.5) is 0 Å². The van der Waals surface area contributed by atoms with Gasteiger partial charge < -0.3 is 25.2 Å². The normalized spacial score (nSPS) is 38.1. The van der Waals surface area contributed by atoms with Crippen LogP contribution in [0.2, 0.25) is 0 Å². The van der Waals surface area contributed by atoms with Crippen molar-refractivity contribution in [3.8, 4) is 0 Å². The molecule has 0 aromatic rings. The zero-order valence-corrected chi connectivity index (χ0v) is 10.7. The van der Waals surface area contributed by atoms with Crippen molar-refractivity contribution in [3.63, 3.8) is 0 Å². The number of aliphatic carboxylic acids is 1. The molecule has 1 fully saturated rings. The van der Waals surface area contributed by atoms with Crippen molar-refractivity contribution in [2.24, 2.45) is 5.92 Å². The average molecular weight is 263 g/mol. The largest absolute Gasteiger partial charge is 0.480 e. The lowest BCUT2D eigenvalue weighted by molar-refractivity contribution is -0.149. The first-order valence-corrected chi connectivity index (χ1v) is 5.88. The lowest BCUT2D eigenvalue weighted by atomic mass is 9.99. The minimum absolute atomic E-state index is 0.222. The van der Waals surface area contributed by atoms with Gasteiger partial charge in [-0.05, 0) is 12.8 Å². The van der Waals surface area contributed by atoms with Crippen molar-refractivity contribution in [1.82, 2.24) is 5.32 Å². The third-order valence-corrected chi connectivity index (χ3v) is 3.22. The summed E-state index contributed by atoms with van der Waals surface area (Å²) in [5.41, 5.74) is -1.40. The third-order valence-electron chi connectivity index (χ3n) is 3.22. The monoisotopic (exact) mass is 263 g/mol. The fourth-order valence-electron chi connectivity index (χ4n) is 2.07. The van der Waals surface area contributed by atoms with E-state index in [0.717, 1.165) is 0 Å². The number of hydrogen-bond donors (Lipinski definition) is 5. The van der Waals surface area contributed by atoms with Gasteiger partial charge in [0.05, 0.1) is 6.61 Å². The molecule has 18 heavy (non-hydrogen) atoms. The van der Waals surface area contributed by atoms with Crippen LogP contribution in [0.15, 0.2) is 0 Å². The Morgan fingerprint density at radius 1 is 1.44 bits per heavy atom. The summed E-state index contributed by atoms with van der Waals surface area (Å²) in [4.78, 5) is 11.1. The minimum Gasteiger partial charge on any atom is -0.480 e. The molecular formula is C11H21NO6. The molecule has 1 rings (SSSR count). The predicted molar refractivity (Wildman–Crippen MR) is 61.8 cm³/mol. The second-order valence-corrected chi connectivity index (χ2v) is 5.09. The van der Waals surface area contributed by atoms with Crippen LogP contribution in [0.1, 0.15) is 20.8 Å². The zero-order valence-electron chi connectivity index (χ0n) is 10.7. The number of ether oxygens (including phenoxy) is 1. The molecule has 7 heteroatoms. The van der Waals surface area contributed by atoms with Crippen LogP contribution in [-0.4, -0.2) is 63.1 Å². The van der Waals surface area contributed by atoms with Gasteiger partial charge in [0.2, 0.25) is 0 Å². The first kappa shape index (κ1) is 15.3. The minimum atomic E-state index is -1.40. The molecular weight excluding hydrogens is 242 g/mol. The Balaban J connectivity index is 2.84. The Kier molecular flexibility index (Phi) is 4.68. The van der Waals surface area contributed by atoms with Crippen molar-refractivity contribution in [2.75, 3.05) is 6.61 Å². The number of aliphatic hydroxyl groups excluding tert-OH is 3. The van der Waals surface area contributed by atoms with Gasteiger partial charge in [-0.2, -0.15) is 0 Å². The van der Waals surface area contributed by atoms with Crippen molar-refractivity contribution >= 4 is 5.97 Å². The standard InChI is InChI=1S/C11H21NO6/c1-5(2)7(10(16)17)12-11(3)9(15)8(14)6(4-13)18-11/h5-9,12-15H,4H2,1-3H3,(H,16,17)/t6-,7?,8-,9+,11?/m1/s1. The molecule has 1 saturated heterocycles. The molecule has 1 heterocycles. The van der Waals surface area contributed by atoms with Crippen molar-refractivity contribution in [3.05, 3.63) is 0 Å². The third kappa shape index (κ3) is 2.81. The van der Waals surface area contributed by atoms with Crippen molar-refractivity contribution < 1.29 is 30.0 Å². The topological polar surface area (TPSA) is 119 Å². The van der Waals surface area contributed by atoms with Gasteiger partial charge in [0, 0.05) is 0 Å². The molecule has 0 radical (unpaired) electrons. The molecule has 2 unspecified atom stereocenters. The number of hydrogen-bond acceptors (Lipinski definition) is 6. The average Bonchev–Trinajstić information content (AvgIpc) is 2.50. The van der Waals surface area contributed by atoms with Gasteiger partial charge in [-0.1, -0.05) is 13.8 Å². The summed E-state index contributed by atoms with van der Waals surface area (Å²) in [5, 5.41) is 40.3. The maximum atomic E-state index is 11.1. The highest BCUT2D eigenvalue weighted by molar-refractivity contribution is 5.73. The van der Waals surface area contributed by atoms with E-state index in [1.807, 2.05) is 0 Å². The van der Waals surface area contributed by atoms with Crippen molar-refractivity contribution in [2.45, 2.75) is 50.8 Å². The van der Waals surface area contributed by atoms with Crippen LogP contribution in [0.25, 0.3) is 0 Å². The quantitative estimate of drug-likeness (QED) is 0.410. The molecule has 7 nitrogen and oxygen atoms in total. The molecule has 0 spiro atoms. The summed E-state index contributed by atoms with van der Waals surface area (Å²) in [6.45, 7) is 4.44. The van der Waals surface area contributed by atoms with Gasteiger partial charge in [0.15, 0.2) is 0 Å². The highest BCUT2D eigenvalue weighted by atomic mass is 16.6. The van der Waals surface area contributed by atoms with Crippen LogP contribution in [0, 0.1) is 5.92 Å². The van der Waals surface area contributed by atoms with Crippen LogP contribution < -0.4 is 5.32 Å². The van der Waals surface area contributed by atoms with E-state index in [1.165, 1.54) is 6.92 Å². The van der Waals surface area contributed by atoms with E-state index in [9.17, 15) is 15.0 Å². The van der Waals surface area contributed by atoms with Crippen LogP contribution in [0.5, 0.6) is 0 Å². The first-order chi connectivity index (χ1) is 8.23. The number of carboxylic acids is 1. The summed E-state index contributed by atoms with van der Waals surface area (Å²) < 4.78 is 5.33. The smallest absolute Gasteiger partial charge is 0.321 e. The molecule has 0 saturated carbocycles. The van der Waals surface area contributed by atoms with Crippen LogP contribution in [-0.2, 0) is 9.53 Å². The van der Waals surface area contributed by atoms with Crippen molar-refractivity contribution in [1.29, 1.82) is 0 Å². The SMILES string of the molecule is CC(C)C(NC1(C)O[C@H](CO)[C@@H](O)[C@@H]1O)C(=O)O. The first-order valence-electron chi connectivity index (χ1n) is 5.88. The molecule has 0 aliphatic carbocycles. The maximum absolute atomic E-state index is 11.1. The van der Waals surface area contributed by atoms with E-state index in [2.05, 4.69) is 5.32 Å². The molecule has 1 aliphatic rings. The fraction of sp³-hybridized carbons (Fsp3) is 0.909. The molecule has 0 amide bonds. The summed E-state index contributed by atoms with van der Waals surface area (Å²) in [5.74, 6) is -1.29. The number of nitrogens with one attached hydrogen (secondary N) is 1. The lowest BCUT2D eigenvalue weighted by Gasteiger charge is -2.33. The maximum Gasteiger partial charge on any atom is 0.321 e. The summed E-state index contributed by atoms with van der Waals surface area (Å²) in [6, 6.07) is -0.922. The Bertz CT molecular complexity index is 310. The van der Waals surface area contributed by atoms with E-state index in [0.29, 0.717) is 0 Å². The predicted octanol–water partition coefficient (Wildman–Crippen LogP) is -1.49. The Labute approximate surface area is 105 Å². The van der Waals surface area contributed by atoms with Gasteiger partial charge >= 0.3 is 5.97 Å². The second-order valence-electron chi connectivity index (χ2n) is 5.09. The van der Waals surface area contributed by atoms with E-state index in [-0.39, 0.29) is 5.92 Å². The van der Waals surface area contributed by atoms with E-state index in [4.69, 9.17) is 14.9 Å². The fourth-order valence-corrected chi connectivity index (χ4v) is 2.07. The highest BCUT2D eigenvalue weighted by Crippen LogP contribution is 2.29. The van der Waals surface area contributed by atoms with E-state index < -0.39 is 42.7 Å². The molecule has 5 atom stereocenters. The van der Waals surface area contributed by atoms with E-state index in [1.54, 1.807) is 13.8 Å². The highest BCUT2D eigenvalue weighted by Gasteiger charge is 2.52. The second kappa shape index (κ2) is 5.50. The number of carboxylic acid groups (broad SMARTS) is 1. The lowest BCUT2D eigenvalue weighted by Crippen LogP contribution is -2.59. The van der Waals surface area contributed by atoms with Gasteiger partial charge in [-0.3, -0.25) is 10.1 Å². The van der Waals surface area contributed by atoms with Gasteiger partial charge in [0.25, 0.3) is 0 Å². The summed E-state index contributed by atoms with van der Waals surface area (Å²) in [6.07, 6.45) is -3.50. The van der Waals surface area contributed by atoms with E-state index >= 15 is 0 Å². The Morgan fingerprint density at radius 3 is 2.33 bits per heavy atom. The van der Waals surface area contributed by atoms with Gasteiger partial charge in [-0.25, -0.2) is 0 Å². The van der Waals surface area contributed by atoms with Gasteiger partial charge in [-0.15, -0.1) is 0 Å². The van der Waals surface area contributed by atoms with Crippen LogP contribution >= 0.6 is 0 Å². The molecule has 0 bridgehead atoms. The number of rotatable bonds is 5.